The molecule has 1 fully saturated rings. The molecule has 0 aliphatic heterocycles. The van der Waals surface area contributed by atoms with Crippen LogP contribution in [0.1, 0.15) is 60.2 Å². The summed E-state index contributed by atoms with van der Waals surface area (Å²) in [5, 5.41) is 14.7. The summed E-state index contributed by atoms with van der Waals surface area (Å²) >= 11 is 0. The van der Waals surface area contributed by atoms with E-state index < -0.39 is 5.97 Å². The lowest BCUT2D eigenvalue weighted by Gasteiger charge is -2.19. The summed E-state index contributed by atoms with van der Waals surface area (Å²) in [6.45, 7) is 6.54. The van der Waals surface area contributed by atoms with Gasteiger partial charge in [0.2, 0.25) is 5.91 Å². The van der Waals surface area contributed by atoms with Gasteiger partial charge in [0.15, 0.2) is 0 Å². The highest BCUT2D eigenvalue weighted by atomic mass is 16.4. The summed E-state index contributed by atoms with van der Waals surface area (Å²) < 4.78 is 0. The number of nitrogens with one attached hydrogen (secondary N) is 1. The molecular formula is C22H23N2O3-. The van der Waals surface area contributed by atoms with Crippen LogP contribution >= 0.6 is 0 Å². The minimum atomic E-state index is -1.22. The van der Waals surface area contributed by atoms with Crippen molar-refractivity contribution in [3.8, 4) is 0 Å². The highest BCUT2D eigenvalue weighted by Gasteiger charge is 2.43. The minimum Gasteiger partial charge on any atom is -0.545 e. The van der Waals surface area contributed by atoms with Crippen LogP contribution in [0.3, 0.4) is 0 Å². The number of rotatable bonds is 5. The molecule has 2 aromatic rings. The summed E-state index contributed by atoms with van der Waals surface area (Å²) in [4.78, 5) is 22.9. The number of amides is 1. The maximum Gasteiger partial charge on any atom is 0.243 e. The molecular weight excluding hydrogens is 340 g/mol. The number of hydrazone groups is 1. The fourth-order valence-electron chi connectivity index (χ4n) is 3.04. The standard InChI is InChI=1S/C22H24N2O3/c1-22(2,3)17-10-8-15(9-11-17)18-12-19(18)20(25)24-23-13-14-4-6-16(7-5-14)21(26)27/h4-11,13,18-19H,12H2,1-3H3,(H,24,25)(H,26,27)/p-1/t18-,19-/m0/s1. The number of hydrogen-bond acceptors (Lipinski definition) is 4. The van der Waals surface area contributed by atoms with Gasteiger partial charge in [-0.05, 0) is 40.0 Å². The van der Waals surface area contributed by atoms with Gasteiger partial charge in [-0.1, -0.05) is 69.3 Å². The maximum absolute atomic E-state index is 12.2. The SMILES string of the molecule is CC(C)(C)c1ccc([C@@H]2C[C@@H]2C(=O)NN=Cc2ccc(C(=O)[O-])cc2)cc1. The first-order valence-electron chi connectivity index (χ1n) is 9.00. The minimum absolute atomic E-state index is 0.0527. The Bertz CT molecular complexity index is 862. The summed E-state index contributed by atoms with van der Waals surface area (Å²) in [6, 6.07) is 14.6. The zero-order valence-corrected chi connectivity index (χ0v) is 15.7. The molecule has 1 aliphatic rings. The monoisotopic (exact) mass is 363 g/mol. The van der Waals surface area contributed by atoms with Crippen molar-refractivity contribution in [2.45, 2.75) is 38.5 Å². The van der Waals surface area contributed by atoms with E-state index in [0.717, 1.165) is 6.42 Å². The fraction of sp³-hybridized carbons (Fsp3) is 0.318. The molecule has 1 N–H and O–H groups in total. The molecule has 0 radical (unpaired) electrons. The molecule has 27 heavy (non-hydrogen) atoms. The van der Waals surface area contributed by atoms with Crippen LogP contribution in [-0.2, 0) is 10.2 Å². The van der Waals surface area contributed by atoms with Crippen LogP contribution in [0.5, 0.6) is 0 Å². The molecule has 2 atom stereocenters. The lowest BCUT2D eigenvalue weighted by atomic mass is 9.86. The van der Waals surface area contributed by atoms with Crippen LogP contribution in [0.15, 0.2) is 53.6 Å². The smallest absolute Gasteiger partial charge is 0.243 e. The van der Waals surface area contributed by atoms with Crippen LogP contribution < -0.4 is 10.5 Å². The highest BCUT2D eigenvalue weighted by molar-refractivity contribution is 5.88. The molecule has 2 aromatic carbocycles. The Kier molecular flexibility index (Phi) is 5.13. The van der Waals surface area contributed by atoms with Gasteiger partial charge in [0.25, 0.3) is 0 Å². The summed E-state index contributed by atoms with van der Waals surface area (Å²) in [5.41, 5.74) is 5.96. The maximum atomic E-state index is 12.2. The number of nitrogens with zero attached hydrogens (tertiary/aromatic N) is 1. The van der Waals surface area contributed by atoms with Crippen LogP contribution in [0, 0.1) is 5.92 Å². The van der Waals surface area contributed by atoms with Gasteiger partial charge in [-0.25, -0.2) is 5.43 Å². The van der Waals surface area contributed by atoms with Gasteiger partial charge in [0.05, 0.1) is 12.2 Å². The lowest BCUT2D eigenvalue weighted by Crippen LogP contribution is -2.22. The molecule has 1 amide bonds. The van der Waals surface area contributed by atoms with E-state index in [9.17, 15) is 14.7 Å². The quantitative estimate of drug-likeness (QED) is 0.655. The number of aromatic carboxylic acids is 1. The predicted octanol–water partition coefficient (Wildman–Crippen LogP) is 2.60. The second kappa shape index (κ2) is 7.35. The Morgan fingerprint density at radius 1 is 1.07 bits per heavy atom. The van der Waals surface area contributed by atoms with E-state index in [-0.39, 0.29) is 28.7 Å². The predicted molar refractivity (Wildman–Crippen MR) is 102 cm³/mol. The molecule has 3 rings (SSSR count). The van der Waals surface area contributed by atoms with Crippen molar-refractivity contribution in [3.05, 3.63) is 70.8 Å². The van der Waals surface area contributed by atoms with Gasteiger partial charge >= 0.3 is 0 Å². The van der Waals surface area contributed by atoms with E-state index in [0.29, 0.717) is 5.56 Å². The third kappa shape index (κ3) is 4.61. The molecule has 140 valence electrons. The van der Waals surface area contributed by atoms with Crippen molar-refractivity contribution in [1.82, 2.24) is 5.43 Å². The Morgan fingerprint density at radius 3 is 2.26 bits per heavy atom. The van der Waals surface area contributed by atoms with E-state index in [1.54, 1.807) is 12.1 Å². The van der Waals surface area contributed by atoms with Gasteiger partial charge in [0.1, 0.15) is 0 Å². The van der Waals surface area contributed by atoms with Crippen LogP contribution in [-0.4, -0.2) is 18.1 Å². The van der Waals surface area contributed by atoms with Crippen LogP contribution in [0.4, 0.5) is 0 Å². The zero-order chi connectivity index (χ0) is 19.6. The first-order valence-corrected chi connectivity index (χ1v) is 9.00. The summed E-state index contributed by atoms with van der Waals surface area (Å²) in [5.74, 6) is -1.12. The highest BCUT2D eigenvalue weighted by Crippen LogP contribution is 2.47. The largest absolute Gasteiger partial charge is 0.545 e. The molecule has 1 saturated carbocycles. The second-order valence-corrected chi connectivity index (χ2v) is 7.96. The zero-order valence-electron chi connectivity index (χ0n) is 15.7. The van der Waals surface area contributed by atoms with E-state index in [4.69, 9.17) is 0 Å². The number of carboxylic acids is 1. The normalized spacial score (nSPS) is 19.1. The molecule has 5 nitrogen and oxygen atoms in total. The van der Waals surface area contributed by atoms with Crippen molar-refractivity contribution < 1.29 is 14.7 Å². The number of benzene rings is 2. The Balaban J connectivity index is 1.53. The number of carbonyl (C=O) groups is 2. The van der Waals surface area contributed by atoms with Crippen molar-refractivity contribution in [1.29, 1.82) is 0 Å². The molecule has 0 spiro atoms. The Morgan fingerprint density at radius 2 is 1.70 bits per heavy atom. The number of carboxylic acid groups (broad SMARTS) is 1. The molecule has 0 aromatic heterocycles. The topological polar surface area (TPSA) is 81.6 Å². The number of hydrogen-bond donors (Lipinski definition) is 1. The fourth-order valence-corrected chi connectivity index (χ4v) is 3.04. The lowest BCUT2D eigenvalue weighted by molar-refractivity contribution is -0.255. The third-order valence-corrected chi connectivity index (χ3v) is 4.87. The van der Waals surface area contributed by atoms with Gasteiger partial charge in [-0.3, -0.25) is 4.79 Å². The van der Waals surface area contributed by atoms with Crippen LogP contribution in [0.25, 0.3) is 0 Å². The van der Waals surface area contributed by atoms with Gasteiger partial charge < -0.3 is 9.90 Å². The third-order valence-electron chi connectivity index (χ3n) is 4.87. The van der Waals surface area contributed by atoms with E-state index in [2.05, 4.69) is 55.6 Å². The van der Waals surface area contributed by atoms with Crippen molar-refractivity contribution in [2.75, 3.05) is 0 Å². The van der Waals surface area contributed by atoms with E-state index in [1.807, 2.05) is 0 Å². The first-order chi connectivity index (χ1) is 12.8. The van der Waals surface area contributed by atoms with Gasteiger partial charge in [0, 0.05) is 5.92 Å². The van der Waals surface area contributed by atoms with E-state index >= 15 is 0 Å². The molecule has 0 heterocycles. The number of carbonyl (C=O) groups excluding carboxylic acids is 2. The Labute approximate surface area is 159 Å². The van der Waals surface area contributed by atoms with Crippen molar-refractivity contribution in [3.63, 3.8) is 0 Å². The molecule has 5 heteroatoms. The van der Waals surface area contributed by atoms with Crippen LogP contribution in [0.2, 0.25) is 0 Å². The molecule has 0 bridgehead atoms. The first kappa shape index (κ1) is 18.8. The van der Waals surface area contributed by atoms with Crippen molar-refractivity contribution >= 4 is 18.1 Å². The van der Waals surface area contributed by atoms with Crippen molar-refractivity contribution in [2.24, 2.45) is 11.0 Å². The summed E-state index contributed by atoms with van der Waals surface area (Å²) in [6.07, 6.45) is 2.32. The average molecular weight is 363 g/mol. The van der Waals surface area contributed by atoms with E-state index in [1.165, 1.54) is 29.5 Å². The Hall–Kier alpha value is -2.95. The molecule has 1 aliphatic carbocycles. The molecule has 0 unspecified atom stereocenters. The average Bonchev–Trinajstić information content (AvgIpc) is 3.42. The molecule has 0 saturated heterocycles. The van der Waals surface area contributed by atoms with Gasteiger partial charge in [-0.2, -0.15) is 5.10 Å². The second-order valence-electron chi connectivity index (χ2n) is 7.96. The summed E-state index contributed by atoms with van der Waals surface area (Å²) in [7, 11) is 0. The van der Waals surface area contributed by atoms with Gasteiger partial charge in [-0.15, -0.1) is 0 Å².